The van der Waals surface area contributed by atoms with E-state index in [2.05, 4.69) is 146 Å². The summed E-state index contributed by atoms with van der Waals surface area (Å²) in [4.78, 5) is 30.1. The van der Waals surface area contributed by atoms with E-state index in [1.54, 1.807) is 0 Å². The van der Waals surface area contributed by atoms with E-state index in [-0.39, 0.29) is 0 Å². The molecule has 0 aliphatic heterocycles. The van der Waals surface area contributed by atoms with Gasteiger partial charge in [-0.15, -0.1) is 0 Å². The number of benzene rings is 9. The molecule has 0 N–H and O–H groups in total. The number of aromatic nitrogens is 6. The zero-order valence-corrected chi connectivity index (χ0v) is 35.8. The van der Waals surface area contributed by atoms with Crippen molar-refractivity contribution in [2.45, 2.75) is 0 Å². The average Bonchev–Trinajstić information content (AvgIpc) is 3.42. The molecule has 6 nitrogen and oxygen atoms in total. The highest BCUT2D eigenvalue weighted by atomic mass is 15.0. The van der Waals surface area contributed by atoms with Gasteiger partial charge in [0.05, 0.1) is 0 Å². The van der Waals surface area contributed by atoms with E-state index in [1.165, 1.54) is 11.1 Å². The molecule has 0 unspecified atom stereocenters. The Hall–Kier alpha value is -9.00. The molecule has 0 aliphatic rings. The summed E-state index contributed by atoms with van der Waals surface area (Å²) < 4.78 is 0. The quantitative estimate of drug-likeness (QED) is 0.136. The fourth-order valence-electron chi connectivity index (χ4n) is 8.17. The lowest BCUT2D eigenvalue weighted by Gasteiger charge is -2.12. The van der Waals surface area contributed by atoms with Gasteiger partial charge in [-0.1, -0.05) is 218 Å². The molecular weight excluding hydrogens is 805 g/mol. The normalized spacial score (nSPS) is 11.0. The maximum absolute atomic E-state index is 5.14. The lowest BCUT2D eigenvalue weighted by molar-refractivity contribution is 1.07. The minimum absolute atomic E-state index is 0.601. The Labute approximate surface area is 383 Å². The molecule has 11 rings (SSSR count). The van der Waals surface area contributed by atoms with Gasteiger partial charge < -0.3 is 0 Å². The first-order valence-corrected chi connectivity index (χ1v) is 21.9. The molecule has 6 heteroatoms. The first-order valence-electron chi connectivity index (χ1n) is 21.9. The van der Waals surface area contributed by atoms with Crippen LogP contribution in [0.5, 0.6) is 0 Å². The van der Waals surface area contributed by atoms with Gasteiger partial charge in [0, 0.05) is 33.4 Å². The zero-order chi connectivity index (χ0) is 44.1. The molecule has 0 spiro atoms. The summed E-state index contributed by atoms with van der Waals surface area (Å²) >= 11 is 0. The molecule has 0 amide bonds. The SMILES string of the molecule is c1ccc(-c2ccc(-c3cccc(-c4nc(-c5ccccc5)nc(-c5cccc(-c6cccc(-c7cccc(-c8nc(-c9ccccc9)nc(-c9ccccc9)n8)c7)c6)c5)n4)c3)cc2)cc1. The monoisotopic (exact) mass is 844 g/mol. The van der Waals surface area contributed by atoms with Crippen molar-refractivity contribution in [2.24, 2.45) is 0 Å². The van der Waals surface area contributed by atoms with E-state index in [4.69, 9.17) is 29.9 Å². The van der Waals surface area contributed by atoms with Gasteiger partial charge >= 0.3 is 0 Å². The molecule has 0 fully saturated rings. The standard InChI is InChI=1S/C60H40N6/c1-5-17-41(18-6-1)42-33-35-43(36-34-42)47-25-14-30-52(38-47)59-64-57(46-23-11-4-12-24-46)65-60(66-59)54-32-16-29-51(40-54)49-27-13-26-48(37-49)50-28-15-31-53(39-50)58-62-55(44-19-7-2-8-20-44)61-56(63-58)45-21-9-3-10-22-45/h1-40H. The van der Waals surface area contributed by atoms with Gasteiger partial charge in [0.2, 0.25) is 0 Å². The van der Waals surface area contributed by atoms with Gasteiger partial charge in [0.15, 0.2) is 34.9 Å². The topological polar surface area (TPSA) is 77.3 Å². The van der Waals surface area contributed by atoms with Crippen molar-refractivity contribution in [3.8, 4) is 113 Å². The van der Waals surface area contributed by atoms with Gasteiger partial charge in [0.1, 0.15) is 0 Å². The number of rotatable bonds is 10. The highest BCUT2D eigenvalue weighted by molar-refractivity contribution is 5.79. The van der Waals surface area contributed by atoms with E-state index in [1.807, 2.05) is 97.1 Å². The number of hydrogen-bond acceptors (Lipinski definition) is 6. The van der Waals surface area contributed by atoms with Crippen LogP contribution in [-0.2, 0) is 0 Å². The van der Waals surface area contributed by atoms with Crippen LogP contribution in [0, 0.1) is 0 Å². The van der Waals surface area contributed by atoms with E-state index in [0.29, 0.717) is 34.9 Å². The van der Waals surface area contributed by atoms with Crippen LogP contribution in [0.4, 0.5) is 0 Å². The van der Waals surface area contributed by atoms with Crippen LogP contribution in [0.2, 0.25) is 0 Å². The Morgan fingerprint density at radius 1 is 0.136 bits per heavy atom. The molecule has 0 saturated carbocycles. The molecule has 2 heterocycles. The van der Waals surface area contributed by atoms with Crippen LogP contribution in [-0.4, -0.2) is 29.9 Å². The Balaban J connectivity index is 0.928. The van der Waals surface area contributed by atoms with Gasteiger partial charge in [-0.2, -0.15) is 0 Å². The molecular formula is C60H40N6. The average molecular weight is 845 g/mol. The molecule has 310 valence electrons. The van der Waals surface area contributed by atoms with Crippen molar-refractivity contribution in [3.63, 3.8) is 0 Å². The van der Waals surface area contributed by atoms with E-state index < -0.39 is 0 Å². The van der Waals surface area contributed by atoms with Crippen LogP contribution in [0.3, 0.4) is 0 Å². The van der Waals surface area contributed by atoms with Crippen molar-refractivity contribution in [1.29, 1.82) is 0 Å². The second-order valence-corrected chi connectivity index (χ2v) is 16.0. The van der Waals surface area contributed by atoms with Crippen LogP contribution in [0.1, 0.15) is 0 Å². The molecule has 11 aromatic rings. The van der Waals surface area contributed by atoms with E-state index in [9.17, 15) is 0 Å². The summed E-state index contributed by atoms with van der Waals surface area (Å²) in [5.74, 6) is 3.70. The summed E-state index contributed by atoms with van der Waals surface area (Å²) in [6, 6.07) is 83.2. The minimum Gasteiger partial charge on any atom is -0.208 e. The highest BCUT2D eigenvalue weighted by Gasteiger charge is 2.16. The zero-order valence-electron chi connectivity index (χ0n) is 35.8. The van der Waals surface area contributed by atoms with Crippen molar-refractivity contribution in [1.82, 2.24) is 29.9 Å². The molecule has 9 aromatic carbocycles. The fraction of sp³-hybridized carbons (Fsp3) is 0. The van der Waals surface area contributed by atoms with Crippen LogP contribution >= 0.6 is 0 Å². The summed E-state index contributed by atoms with van der Waals surface area (Å²) in [6.07, 6.45) is 0. The van der Waals surface area contributed by atoms with Crippen molar-refractivity contribution in [3.05, 3.63) is 243 Å². The smallest absolute Gasteiger partial charge is 0.164 e. The second-order valence-electron chi connectivity index (χ2n) is 16.0. The van der Waals surface area contributed by atoms with Gasteiger partial charge in [-0.05, 0) is 68.8 Å². The molecule has 2 aromatic heterocycles. The first-order chi connectivity index (χ1) is 32.7. The lowest BCUT2D eigenvalue weighted by atomic mass is 9.97. The summed E-state index contributed by atoms with van der Waals surface area (Å²) in [5, 5.41) is 0. The van der Waals surface area contributed by atoms with Crippen LogP contribution in [0.15, 0.2) is 243 Å². The van der Waals surface area contributed by atoms with Crippen LogP contribution < -0.4 is 0 Å². The minimum atomic E-state index is 0.601. The predicted octanol–water partition coefficient (Wildman–Crippen LogP) is 14.7. The summed E-state index contributed by atoms with van der Waals surface area (Å²) in [6.45, 7) is 0. The molecule has 66 heavy (non-hydrogen) atoms. The summed E-state index contributed by atoms with van der Waals surface area (Å²) in [7, 11) is 0. The molecule has 0 radical (unpaired) electrons. The predicted molar refractivity (Wildman–Crippen MR) is 268 cm³/mol. The largest absolute Gasteiger partial charge is 0.208 e. The third kappa shape index (κ3) is 8.54. The van der Waals surface area contributed by atoms with Gasteiger partial charge in [0.25, 0.3) is 0 Å². The number of nitrogens with zero attached hydrogens (tertiary/aromatic N) is 6. The van der Waals surface area contributed by atoms with Crippen LogP contribution in [0.25, 0.3) is 113 Å². The lowest BCUT2D eigenvalue weighted by Crippen LogP contribution is -2.00. The molecule has 0 aliphatic carbocycles. The maximum atomic E-state index is 5.14. The van der Waals surface area contributed by atoms with E-state index >= 15 is 0 Å². The van der Waals surface area contributed by atoms with E-state index in [0.717, 1.165) is 66.8 Å². The Morgan fingerprint density at radius 2 is 0.318 bits per heavy atom. The van der Waals surface area contributed by atoms with Gasteiger partial charge in [-0.3, -0.25) is 0 Å². The second kappa shape index (κ2) is 18.0. The van der Waals surface area contributed by atoms with Crippen molar-refractivity contribution < 1.29 is 0 Å². The van der Waals surface area contributed by atoms with Crippen molar-refractivity contribution >= 4 is 0 Å². The molecule has 0 bridgehead atoms. The first kappa shape index (κ1) is 39.8. The fourth-order valence-corrected chi connectivity index (χ4v) is 8.17. The summed E-state index contributed by atoms with van der Waals surface area (Å²) in [5.41, 5.74) is 14.3. The Bertz CT molecular complexity index is 3390. The Morgan fingerprint density at radius 3 is 0.621 bits per heavy atom. The van der Waals surface area contributed by atoms with Crippen molar-refractivity contribution in [2.75, 3.05) is 0 Å². The third-order valence-electron chi connectivity index (χ3n) is 11.6. The molecule has 0 atom stereocenters. The van der Waals surface area contributed by atoms with Gasteiger partial charge in [-0.25, -0.2) is 29.9 Å². The number of hydrogen-bond donors (Lipinski definition) is 0. The Kier molecular flexibility index (Phi) is 10.9. The maximum Gasteiger partial charge on any atom is 0.164 e. The highest BCUT2D eigenvalue weighted by Crippen LogP contribution is 2.34. The molecule has 0 saturated heterocycles. The third-order valence-corrected chi connectivity index (χ3v) is 11.6.